The molecule has 0 amide bonds. The van der Waals surface area contributed by atoms with Crippen LogP contribution in [0.3, 0.4) is 0 Å². The summed E-state index contributed by atoms with van der Waals surface area (Å²) in [6.45, 7) is 7.30. The number of esters is 1. The molecule has 6 nitrogen and oxygen atoms in total. The van der Waals surface area contributed by atoms with Gasteiger partial charge in [-0.05, 0) is 25.7 Å². The Balaban J connectivity index is 5.71. The van der Waals surface area contributed by atoms with E-state index in [1.54, 1.807) is 0 Å². The number of aliphatic hydroxyl groups excluding tert-OH is 2. The van der Waals surface area contributed by atoms with Crippen molar-refractivity contribution in [3.05, 3.63) is 0 Å². The van der Waals surface area contributed by atoms with Crippen molar-refractivity contribution in [2.75, 3.05) is 6.61 Å². The second-order valence-corrected chi connectivity index (χ2v) is 9.28. The van der Waals surface area contributed by atoms with Crippen LogP contribution in [0.5, 0.6) is 0 Å². The van der Waals surface area contributed by atoms with Crippen molar-refractivity contribution in [1.82, 2.24) is 0 Å². The summed E-state index contributed by atoms with van der Waals surface area (Å²) in [5, 5.41) is 20.5. The highest BCUT2D eigenvalue weighted by atomic mass is 16.6. The third kappa shape index (κ3) is 11.1. The highest BCUT2D eigenvalue weighted by Gasteiger charge is 2.54. The van der Waals surface area contributed by atoms with E-state index in [0.717, 1.165) is 64.2 Å². The molecular formula is C27H50O6. The molecule has 2 atom stereocenters. The molecule has 0 spiro atoms. The van der Waals surface area contributed by atoms with Crippen LogP contribution in [-0.2, 0) is 19.1 Å². The van der Waals surface area contributed by atoms with Crippen LogP contribution in [0.15, 0.2) is 0 Å². The van der Waals surface area contributed by atoms with Gasteiger partial charge in [0.2, 0.25) is 0 Å². The van der Waals surface area contributed by atoms with Crippen LogP contribution in [0.2, 0.25) is 0 Å². The normalized spacial score (nSPS) is 13.5. The maximum atomic E-state index is 13.4. The zero-order chi connectivity index (χ0) is 25.1. The third-order valence-corrected chi connectivity index (χ3v) is 6.48. The molecule has 0 aliphatic carbocycles. The van der Waals surface area contributed by atoms with Crippen LogP contribution in [0.1, 0.15) is 130 Å². The van der Waals surface area contributed by atoms with Gasteiger partial charge in [-0.3, -0.25) is 14.4 Å². The minimum absolute atomic E-state index is 0.0430. The number of hydrogen-bond acceptors (Lipinski definition) is 6. The van der Waals surface area contributed by atoms with Crippen LogP contribution < -0.4 is 0 Å². The van der Waals surface area contributed by atoms with E-state index >= 15 is 0 Å². The SMILES string of the molecule is CCCCCCCC(=O)C(OC(=O)C(CC)CCCC)(C(=O)CCCCCCC)C(O)CO. The van der Waals surface area contributed by atoms with Crippen molar-refractivity contribution in [2.45, 2.75) is 142 Å². The van der Waals surface area contributed by atoms with E-state index in [4.69, 9.17) is 4.74 Å². The number of aliphatic hydroxyl groups is 2. The molecule has 0 aromatic carbocycles. The lowest BCUT2D eigenvalue weighted by Gasteiger charge is -2.35. The summed E-state index contributed by atoms with van der Waals surface area (Å²) in [4.78, 5) is 39.8. The quantitative estimate of drug-likeness (QED) is 0.120. The van der Waals surface area contributed by atoms with Gasteiger partial charge in [0.1, 0.15) is 6.10 Å². The first kappa shape index (κ1) is 31.7. The highest BCUT2D eigenvalue weighted by molar-refractivity contribution is 6.12. The molecule has 0 rings (SSSR count). The van der Waals surface area contributed by atoms with E-state index in [1.807, 2.05) is 13.8 Å². The molecule has 33 heavy (non-hydrogen) atoms. The number of carbonyl (C=O) groups excluding carboxylic acids is 3. The lowest BCUT2D eigenvalue weighted by Crippen LogP contribution is -2.60. The Morgan fingerprint density at radius 1 is 0.727 bits per heavy atom. The monoisotopic (exact) mass is 470 g/mol. The molecule has 0 heterocycles. The number of unbranched alkanes of at least 4 members (excludes halogenated alkanes) is 9. The standard InChI is InChI=1S/C27H50O6/c1-5-9-12-14-16-19-23(29)27(25(31)21-28,24(30)20-17-15-13-10-6-2)33-26(32)22(8-4)18-11-7-3/h22,25,28,31H,5-21H2,1-4H3. The number of carbonyl (C=O) groups is 3. The Hall–Kier alpha value is -1.27. The minimum Gasteiger partial charge on any atom is -0.440 e. The molecule has 0 saturated heterocycles. The van der Waals surface area contributed by atoms with Crippen molar-refractivity contribution >= 4 is 17.5 Å². The Morgan fingerprint density at radius 2 is 1.18 bits per heavy atom. The fraction of sp³-hybridized carbons (Fsp3) is 0.889. The van der Waals surface area contributed by atoms with Crippen molar-refractivity contribution in [3.63, 3.8) is 0 Å². The molecule has 0 fully saturated rings. The predicted molar refractivity (Wildman–Crippen MR) is 132 cm³/mol. The Morgan fingerprint density at radius 3 is 1.58 bits per heavy atom. The Labute approximate surface area is 201 Å². The van der Waals surface area contributed by atoms with E-state index in [1.165, 1.54) is 0 Å². The van der Waals surface area contributed by atoms with Gasteiger partial charge in [-0.25, -0.2) is 0 Å². The molecule has 6 heteroatoms. The van der Waals surface area contributed by atoms with Gasteiger partial charge in [-0.2, -0.15) is 0 Å². The third-order valence-electron chi connectivity index (χ3n) is 6.48. The lowest BCUT2D eigenvalue weighted by atomic mass is 9.82. The number of Topliss-reactive ketones (excluding diaryl/α,β-unsaturated/α-hetero) is 2. The van der Waals surface area contributed by atoms with Gasteiger partial charge in [0.05, 0.1) is 12.5 Å². The van der Waals surface area contributed by atoms with E-state index in [0.29, 0.717) is 25.7 Å². The second kappa shape index (κ2) is 19.1. The van der Waals surface area contributed by atoms with Crippen LogP contribution in [0, 0.1) is 5.92 Å². The Kier molecular flexibility index (Phi) is 18.3. The first-order valence-electron chi connectivity index (χ1n) is 13.4. The molecule has 0 bridgehead atoms. The molecule has 194 valence electrons. The van der Waals surface area contributed by atoms with Gasteiger partial charge >= 0.3 is 5.97 Å². The number of ketones is 2. The molecule has 0 aromatic rings. The highest BCUT2D eigenvalue weighted by Crippen LogP contribution is 2.29. The van der Waals surface area contributed by atoms with Gasteiger partial charge < -0.3 is 14.9 Å². The fourth-order valence-electron chi connectivity index (χ4n) is 4.17. The average molecular weight is 471 g/mol. The summed E-state index contributed by atoms with van der Waals surface area (Å²) in [6, 6.07) is 0. The molecular weight excluding hydrogens is 420 g/mol. The number of rotatable bonds is 22. The van der Waals surface area contributed by atoms with Crippen LogP contribution in [0.25, 0.3) is 0 Å². The molecule has 0 saturated carbocycles. The molecule has 0 aliphatic rings. The second-order valence-electron chi connectivity index (χ2n) is 9.28. The summed E-state index contributed by atoms with van der Waals surface area (Å²) in [6.07, 6.45) is 10.3. The van der Waals surface area contributed by atoms with Crippen LogP contribution >= 0.6 is 0 Å². The topological polar surface area (TPSA) is 101 Å². The largest absolute Gasteiger partial charge is 0.440 e. The predicted octanol–water partition coefficient (Wildman–Crippen LogP) is 5.70. The molecule has 0 radical (unpaired) electrons. The zero-order valence-electron chi connectivity index (χ0n) is 21.7. The smallest absolute Gasteiger partial charge is 0.310 e. The van der Waals surface area contributed by atoms with E-state index in [9.17, 15) is 24.6 Å². The van der Waals surface area contributed by atoms with Crippen LogP contribution in [-0.4, -0.2) is 46.1 Å². The summed E-state index contributed by atoms with van der Waals surface area (Å²) in [5.41, 5.74) is -2.30. The van der Waals surface area contributed by atoms with E-state index in [-0.39, 0.29) is 12.8 Å². The fourth-order valence-corrected chi connectivity index (χ4v) is 4.17. The Bertz CT molecular complexity index is 519. The van der Waals surface area contributed by atoms with Crippen molar-refractivity contribution in [1.29, 1.82) is 0 Å². The van der Waals surface area contributed by atoms with Crippen molar-refractivity contribution in [2.24, 2.45) is 5.92 Å². The van der Waals surface area contributed by atoms with Gasteiger partial charge in [0.15, 0.2) is 11.6 Å². The number of hydrogen-bond donors (Lipinski definition) is 2. The molecule has 2 unspecified atom stereocenters. The first-order valence-corrected chi connectivity index (χ1v) is 13.4. The van der Waals surface area contributed by atoms with Crippen molar-refractivity contribution in [3.8, 4) is 0 Å². The maximum absolute atomic E-state index is 13.4. The average Bonchev–Trinajstić information content (AvgIpc) is 2.81. The summed E-state index contributed by atoms with van der Waals surface area (Å²) >= 11 is 0. The zero-order valence-corrected chi connectivity index (χ0v) is 21.7. The van der Waals surface area contributed by atoms with Gasteiger partial charge in [-0.1, -0.05) is 91.9 Å². The lowest BCUT2D eigenvalue weighted by molar-refractivity contribution is -0.191. The maximum Gasteiger partial charge on any atom is 0.310 e. The molecule has 0 aliphatic heterocycles. The van der Waals surface area contributed by atoms with Gasteiger partial charge in [0, 0.05) is 12.8 Å². The van der Waals surface area contributed by atoms with E-state index in [2.05, 4.69) is 13.8 Å². The number of ether oxygens (including phenoxy) is 1. The summed E-state index contributed by atoms with van der Waals surface area (Å²) < 4.78 is 5.67. The molecule has 2 N–H and O–H groups in total. The first-order chi connectivity index (χ1) is 15.8. The summed E-state index contributed by atoms with van der Waals surface area (Å²) in [5.74, 6) is -2.24. The van der Waals surface area contributed by atoms with Gasteiger partial charge in [-0.15, -0.1) is 0 Å². The summed E-state index contributed by atoms with van der Waals surface area (Å²) in [7, 11) is 0. The van der Waals surface area contributed by atoms with Crippen molar-refractivity contribution < 1.29 is 29.3 Å². The van der Waals surface area contributed by atoms with Crippen LogP contribution in [0.4, 0.5) is 0 Å². The van der Waals surface area contributed by atoms with E-state index < -0.39 is 41.8 Å². The molecule has 0 aromatic heterocycles. The minimum atomic E-state index is -2.30. The van der Waals surface area contributed by atoms with Gasteiger partial charge in [0.25, 0.3) is 5.60 Å².